The van der Waals surface area contributed by atoms with Crippen molar-refractivity contribution in [3.63, 3.8) is 0 Å². The Labute approximate surface area is 390 Å². The maximum Gasteiger partial charge on any atom is 0.472 e. The van der Waals surface area contributed by atoms with Gasteiger partial charge >= 0.3 is 19.8 Å². The summed E-state index contributed by atoms with van der Waals surface area (Å²) in [7, 11) is 1.36. The molecule has 4 atom stereocenters. The second-order valence-corrected chi connectivity index (χ2v) is 19.3. The predicted molar refractivity (Wildman–Crippen MR) is 264 cm³/mol. The van der Waals surface area contributed by atoms with Crippen molar-refractivity contribution >= 4 is 19.8 Å². The van der Waals surface area contributed by atoms with Crippen LogP contribution in [0.15, 0.2) is 72.9 Å². The van der Waals surface area contributed by atoms with Gasteiger partial charge in [0.25, 0.3) is 0 Å². The van der Waals surface area contributed by atoms with Gasteiger partial charge in [0.1, 0.15) is 19.8 Å². The summed E-state index contributed by atoms with van der Waals surface area (Å²) >= 11 is 0. The van der Waals surface area contributed by atoms with E-state index in [4.69, 9.17) is 18.5 Å². The summed E-state index contributed by atoms with van der Waals surface area (Å²) < 4.78 is 34.2. The first-order valence-corrected chi connectivity index (χ1v) is 26.4. The van der Waals surface area contributed by atoms with Crippen molar-refractivity contribution < 1.29 is 52.3 Å². The molecule has 0 heterocycles. The molecule has 0 amide bonds. The Balaban J connectivity index is 4.50. The molecule has 0 aromatic heterocycles. The van der Waals surface area contributed by atoms with Crippen LogP contribution in [0.25, 0.3) is 0 Å². The highest BCUT2D eigenvalue weighted by Gasteiger charge is 2.27. The first-order valence-electron chi connectivity index (χ1n) is 24.9. The summed E-state index contributed by atoms with van der Waals surface area (Å²) in [6.45, 7) is 4.02. The van der Waals surface area contributed by atoms with Gasteiger partial charge in [0.05, 0.1) is 40.0 Å². The van der Waals surface area contributed by atoms with Crippen LogP contribution in [0.4, 0.5) is 0 Å². The number of hydrogen-bond acceptors (Lipinski definition) is 9. The first-order chi connectivity index (χ1) is 30.8. The molecule has 0 spiro atoms. The van der Waals surface area contributed by atoms with Crippen LogP contribution in [0.1, 0.15) is 181 Å². The number of likely N-dealkylation sites (N-methyl/N-ethyl adjacent to an activating group) is 1. The second kappa shape index (κ2) is 43.0. The number of quaternary nitrogens is 1. The Morgan fingerprint density at radius 1 is 0.594 bits per heavy atom. The molecule has 64 heavy (non-hydrogen) atoms. The SMILES string of the molecule is CC/C=C\C[C@@H](O)/C=C/C=C\C/C=C\C=C\[C@@H](O)/C=C\CCCC(=O)OC[C@H](COP(=O)(O)OCC[N+](C)(C)C)OC(=O)CCCCCCCCCCCCCCCCCCCCC. The number of aliphatic hydroxyl groups is 2. The number of carbonyl (C=O) groups excluding carboxylic acids is 2. The molecule has 0 aliphatic heterocycles. The predicted octanol–water partition coefficient (Wildman–Crippen LogP) is 12.5. The van der Waals surface area contributed by atoms with Gasteiger partial charge in [0.2, 0.25) is 0 Å². The molecule has 0 aliphatic carbocycles. The smallest absolute Gasteiger partial charge is 0.462 e. The average molecular weight is 923 g/mol. The van der Waals surface area contributed by atoms with Gasteiger partial charge < -0.3 is 29.1 Å². The Kier molecular flexibility index (Phi) is 41.2. The summed E-state index contributed by atoms with van der Waals surface area (Å²) in [4.78, 5) is 35.5. The van der Waals surface area contributed by atoms with E-state index in [2.05, 4.69) is 13.8 Å². The molecule has 0 rings (SSSR count). The average Bonchev–Trinajstić information content (AvgIpc) is 3.24. The molecule has 0 aliphatic rings. The third kappa shape index (κ3) is 45.9. The number of esters is 2. The van der Waals surface area contributed by atoms with E-state index in [1.165, 1.54) is 96.3 Å². The number of allylic oxidation sites excluding steroid dienone is 8. The molecular formula is C52H93NO10P+. The molecule has 0 radical (unpaired) electrons. The molecular weight excluding hydrogens is 830 g/mol. The van der Waals surface area contributed by atoms with Gasteiger partial charge in [-0.3, -0.25) is 18.6 Å². The highest BCUT2D eigenvalue weighted by atomic mass is 31.2. The second-order valence-electron chi connectivity index (χ2n) is 17.9. The minimum atomic E-state index is -4.43. The fourth-order valence-electron chi connectivity index (χ4n) is 6.52. The summed E-state index contributed by atoms with van der Waals surface area (Å²) in [5.74, 6) is -0.980. The highest BCUT2D eigenvalue weighted by molar-refractivity contribution is 7.47. The first kappa shape index (κ1) is 61.4. The number of hydrogen-bond donors (Lipinski definition) is 3. The van der Waals surface area contributed by atoms with Gasteiger partial charge in [-0.2, -0.15) is 0 Å². The van der Waals surface area contributed by atoms with Gasteiger partial charge in [0, 0.05) is 12.8 Å². The molecule has 0 fully saturated rings. The van der Waals surface area contributed by atoms with E-state index in [9.17, 15) is 29.3 Å². The Bertz CT molecular complexity index is 1350. The Hall–Kier alpha value is -2.63. The zero-order valence-corrected chi connectivity index (χ0v) is 41.9. The molecule has 3 N–H and O–H groups in total. The molecule has 0 aromatic rings. The maximum absolute atomic E-state index is 12.8. The normalized spacial score (nSPS) is 15.1. The molecule has 0 aromatic carbocycles. The van der Waals surface area contributed by atoms with Crippen molar-refractivity contribution in [3.8, 4) is 0 Å². The van der Waals surface area contributed by atoms with E-state index in [1.54, 1.807) is 30.4 Å². The van der Waals surface area contributed by atoms with E-state index in [0.717, 1.165) is 25.7 Å². The quantitative estimate of drug-likeness (QED) is 0.0135. The van der Waals surface area contributed by atoms with E-state index in [0.29, 0.717) is 43.1 Å². The number of carbonyl (C=O) groups is 2. The molecule has 12 heteroatoms. The van der Waals surface area contributed by atoms with Gasteiger partial charge in [-0.15, -0.1) is 0 Å². The Morgan fingerprint density at radius 3 is 1.67 bits per heavy atom. The molecule has 0 saturated carbocycles. The molecule has 370 valence electrons. The maximum atomic E-state index is 12.8. The van der Waals surface area contributed by atoms with E-state index >= 15 is 0 Å². The molecule has 0 bridgehead atoms. The topological polar surface area (TPSA) is 149 Å². The zero-order valence-electron chi connectivity index (χ0n) is 41.0. The van der Waals surface area contributed by atoms with Crippen LogP contribution in [0, 0.1) is 0 Å². The standard InChI is InChI=1S/C52H92NO10P/c1-6-8-10-11-12-13-14-15-16-17-18-19-20-21-22-23-27-30-36-43-52(57)63-50(47-62-64(58,59)61-45-44-53(3,4)5)46-60-51(56)42-37-31-35-41-49(55)40-34-29-26-24-25-28-33-39-48(54)38-32-9-7-2/h9,25-26,28-29,32-35,39-41,48-50,54-55H,6-8,10-24,27,30-31,36-38,42-47H2,1-5H3/p+1/b28-25-,29-26-,32-9-,39-33+,40-34+,41-35-/t48-,49-,50-/m1/s1. The van der Waals surface area contributed by atoms with Crippen LogP contribution in [-0.4, -0.2) is 97.3 Å². The molecule has 0 saturated heterocycles. The zero-order chi connectivity index (χ0) is 47.4. The van der Waals surface area contributed by atoms with E-state index < -0.39 is 44.7 Å². The summed E-state index contributed by atoms with van der Waals surface area (Å²) in [6.07, 6.45) is 47.4. The number of aliphatic hydroxyl groups excluding tert-OH is 2. The lowest BCUT2D eigenvalue weighted by atomic mass is 10.0. The summed E-state index contributed by atoms with van der Waals surface area (Å²) in [5, 5.41) is 20.1. The van der Waals surface area contributed by atoms with Crippen LogP contribution in [-0.2, 0) is 32.7 Å². The fraction of sp³-hybridized carbons (Fsp3) is 0.731. The third-order valence-electron chi connectivity index (χ3n) is 10.4. The van der Waals surface area contributed by atoms with Gasteiger partial charge in [-0.25, -0.2) is 4.57 Å². The number of phosphoric ester groups is 1. The number of unbranched alkanes of at least 4 members (excludes halogenated alkanes) is 19. The lowest BCUT2D eigenvalue weighted by Gasteiger charge is -2.24. The number of rotatable bonds is 44. The number of phosphoric acid groups is 1. The van der Waals surface area contributed by atoms with Gasteiger partial charge in [-0.05, 0) is 38.5 Å². The number of nitrogens with zero attached hydrogens (tertiary/aromatic N) is 1. The van der Waals surface area contributed by atoms with Crippen LogP contribution in [0.2, 0.25) is 0 Å². The van der Waals surface area contributed by atoms with Crippen LogP contribution >= 0.6 is 7.82 Å². The van der Waals surface area contributed by atoms with Crippen LogP contribution < -0.4 is 0 Å². The van der Waals surface area contributed by atoms with Crippen molar-refractivity contribution in [2.24, 2.45) is 0 Å². The number of ether oxygens (including phenoxy) is 2. The minimum absolute atomic E-state index is 0.00339. The lowest BCUT2D eigenvalue weighted by molar-refractivity contribution is -0.870. The Morgan fingerprint density at radius 2 is 1.12 bits per heavy atom. The summed E-state index contributed by atoms with van der Waals surface area (Å²) in [6, 6.07) is 0. The third-order valence-corrected chi connectivity index (χ3v) is 11.4. The minimum Gasteiger partial charge on any atom is -0.462 e. The lowest BCUT2D eigenvalue weighted by Crippen LogP contribution is -2.37. The van der Waals surface area contributed by atoms with Gasteiger partial charge in [-0.1, -0.05) is 202 Å². The van der Waals surface area contributed by atoms with Crippen molar-refractivity contribution in [2.75, 3.05) is 47.5 Å². The monoisotopic (exact) mass is 923 g/mol. The van der Waals surface area contributed by atoms with Crippen LogP contribution in [0.3, 0.4) is 0 Å². The van der Waals surface area contributed by atoms with Crippen LogP contribution in [0.5, 0.6) is 0 Å². The molecule has 1 unspecified atom stereocenters. The summed E-state index contributed by atoms with van der Waals surface area (Å²) in [5.41, 5.74) is 0. The van der Waals surface area contributed by atoms with Crippen molar-refractivity contribution in [1.82, 2.24) is 0 Å². The largest absolute Gasteiger partial charge is 0.472 e. The van der Waals surface area contributed by atoms with Gasteiger partial charge in [0.15, 0.2) is 6.10 Å². The van der Waals surface area contributed by atoms with Crippen molar-refractivity contribution in [2.45, 2.75) is 199 Å². The van der Waals surface area contributed by atoms with Crippen molar-refractivity contribution in [1.29, 1.82) is 0 Å². The van der Waals surface area contributed by atoms with E-state index in [1.807, 2.05) is 63.7 Å². The molecule has 11 nitrogen and oxygen atoms in total. The van der Waals surface area contributed by atoms with E-state index in [-0.39, 0.29) is 26.1 Å². The van der Waals surface area contributed by atoms with Crippen molar-refractivity contribution in [3.05, 3.63) is 72.9 Å². The highest BCUT2D eigenvalue weighted by Crippen LogP contribution is 2.43. The fourth-order valence-corrected chi connectivity index (χ4v) is 7.26.